The van der Waals surface area contributed by atoms with Gasteiger partial charge in [-0.2, -0.15) is 0 Å². The second kappa shape index (κ2) is 8.33. The second-order valence-corrected chi connectivity index (χ2v) is 8.07. The fourth-order valence-electron chi connectivity index (χ4n) is 3.89. The number of carbonyl (C=O) groups excluding carboxylic acids is 1. The molecule has 6 nitrogen and oxygen atoms in total. The van der Waals surface area contributed by atoms with Crippen LogP contribution in [0.15, 0.2) is 6.07 Å². The van der Waals surface area contributed by atoms with Gasteiger partial charge in [-0.05, 0) is 26.7 Å². The number of piperazine rings is 1. The van der Waals surface area contributed by atoms with Crippen LogP contribution in [-0.4, -0.2) is 59.0 Å². The monoisotopic (exact) mass is 359 g/mol. The molecular formula is C20H33N5O. The van der Waals surface area contributed by atoms with Gasteiger partial charge in [0.25, 0.3) is 0 Å². The molecule has 1 saturated carbocycles. The molecule has 1 unspecified atom stereocenters. The minimum Gasteiger partial charge on any atom is -0.354 e. The molecule has 6 heteroatoms. The first kappa shape index (κ1) is 19.1. The Morgan fingerprint density at radius 3 is 2.38 bits per heavy atom. The molecule has 1 saturated heterocycles. The van der Waals surface area contributed by atoms with E-state index in [0.29, 0.717) is 12.0 Å². The maximum atomic E-state index is 12.5. The summed E-state index contributed by atoms with van der Waals surface area (Å²) in [4.78, 5) is 26.4. The van der Waals surface area contributed by atoms with Crippen molar-refractivity contribution in [1.29, 1.82) is 0 Å². The summed E-state index contributed by atoms with van der Waals surface area (Å²) in [6.45, 7) is 11.9. The van der Waals surface area contributed by atoms with Gasteiger partial charge in [-0.15, -0.1) is 0 Å². The molecule has 1 aromatic rings. The second-order valence-electron chi connectivity index (χ2n) is 8.07. The normalized spacial score (nSPS) is 20.6. The maximum absolute atomic E-state index is 12.5. The third-order valence-corrected chi connectivity index (χ3v) is 5.64. The lowest BCUT2D eigenvalue weighted by atomic mass is 10.1. The van der Waals surface area contributed by atoms with E-state index in [-0.39, 0.29) is 11.9 Å². The molecule has 0 bridgehead atoms. The number of carbonyl (C=O) groups is 1. The van der Waals surface area contributed by atoms with Gasteiger partial charge in [0.05, 0.1) is 6.04 Å². The molecule has 0 radical (unpaired) electrons. The SMILES string of the molecule is Cc1cc(N2CCN(C(C)C(=O)NC3CCCC3)CC2)nc(C(C)C)n1. The molecule has 1 N–H and O–H groups in total. The van der Waals surface area contributed by atoms with Gasteiger partial charge in [0.2, 0.25) is 5.91 Å². The molecule has 1 atom stereocenters. The molecule has 3 rings (SSSR count). The highest BCUT2D eigenvalue weighted by atomic mass is 16.2. The lowest BCUT2D eigenvalue weighted by Gasteiger charge is -2.38. The molecule has 1 aromatic heterocycles. The van der Waals surface area contributed by atoms with Crippen molar-refractivity contribution in [3.63, 3.8) is 0 Å². The molecule has 0 aromatic carbocycles. The standard InChI is InChI=1S/C20H33N5O/c1-14(2)19-21-15(3)13-18(23-19)25-11-9-24(10-12-25)16(4)20(26)22-17-7-5-6-8-17/h13-14,16-17H,5-12H2,1-4H3,(H,22,26). The van der Waals surface area contributed by atoms with Crippen LogP contribution in [0.3, 0.4) is 0 Å². The Morgan fingerprint density at radius 1 is 1.12 bits per heavy atom. The Balaban J connectivity index is 1.56. The summed E-state index contributed by atoms with van der Waals surface area (Å²) in [5.74, 6) is 2.44. The number of aryl methyl sites for hydroxylation is 1. The van der Waals surface area contributed by atoms with Crippen LogP contribution >= 0.6 is 0 Å². The van der Waals surface area contributed by atoms with Gasteiger partial charge in [-0.1, -0.05) is 26.7 Å². The van der Waals surface area contributed by atoms with Crippen molar-refractivity contribution in [1.82, 2.24) is 20.2 Å². The number of hydrogen-bond acceptors (Lipinski definition) is 5. The molecule has 2 aliphatic rings. The molecule has 2 fully saturated rings. The van der Waals surface area contributed by atoms with Crippen LogP contribution in [0.25, 0.3) is 0 Å². The zero-order valence-electron chi connectivity index (χ0n) is 16.7. The Morgan fingerprint density at radius 2 is 1.77 bits per heavy atom. The van der Waals surface area contributed by atoms with Crippen LogP contribution in [0.2, 0.25) is 0 Å². The first-order chi connectivity index (χ1) is 12.4. The lowest BCUT2D eigenvalue weighted by molar-refractivity contribution is -0.126. The van der Waals surface area contributed by atoms with E-state index >= 15 is 0 Å². The zero-order chi connectivity index (χ0) is 18.7. The molecule has 1 aliphatic carbocycles. The molecule has 144 valence electrons. The van der Waals surface area contributed by atoms with E-state index in [4.69, 9.17) is 4.98 Å². The van der Waals surface area contributed by atoms with Crippen molar-refractivity contribution in [3.05, 3.63) is 17.6 Å². The van der Waals surface area contributed by atoms with E-state index in [1.807, 2.05) is 13.8 Å². The summed E-state index contributed by atoms with van der Waals surface area (Å²) >= 11 is 0. The number of nitrogens with zero attached hydrogens (tertiary/aromatic N) is 4. The minimum atomic E-state index is -0.0592. The highest BCUT2D eigenvalue weighted by Gasteiger charge is 2.28. The zero-order valence-corrected chi connectivity index (χ0v) is 16.7. The molecule has 1 aliphatic heterocycles. The Labute approximate surface area is 157 Å². The fourth-order valence-corrected chi connectivity index (χ4v) is 3.89. The number of rotatable bonds is 5. The summed E-state index contributed by atoms with van der Waals surface area (Å²) in [6, 6.07) is 2.40. The van der Waals surface area contributed by atoms with Gasteiger partial charge in [-0.3, -0.25) is 9.69 Å². The van der Waals surface area contributed by atoms with Crippen LogP contribution in [-0.2, 0) is 4.79 Å². The fraction of sp³-hybridized carbons (Fsp3) is 0.750. The third-order valence-electron chi connectivity index (χ3n) is 5.64. The largest absolute Gasteiger partial charge is 0.354 e. The highest BCUT2D eigenvalue weighted by molar-refractivity contribution is 5.81. The van der Waals surface area contributed by atoms with Gasteiger partial charge in [0.15, 0.2) is 0 Å². The first-order valence-corrected chi connectivity index (χ1v) is 10.1. The van der Waals surface area contributed by atoms with Crippen molar-refractivity contribution in [2.75, 3.05) is 31.1 Å². The van der Waals surface area contributed by atoms with Crippen LogP contribution < -0.4 is 10.2 Å². The van der Waals surface area contributed by atoms with Crippen molar-refractivity contribution in [2.24, 2.45) is 0 Å². The van der Waals surface area contributed by atoms with E-state index in [1.54, 1.807) is 0 Å². The molecular weight excluding hydrogens is 326 g/mol. The van der Waals surface area contributed by atoms with Crippen molar-refractivity contribution >= 4 is 11.7 Å². The van der Waals surface area contributed by atoms with Crippen LogP contribution in [0.4, 0.5) is 5.82 Å². The van der Waals surface area contributed by atoms with E-state index in [9.17, 15) is 4.79 Å². The Bertz CT molecular complexity index is 619. The van der Waals surface area contributed by atoms with Crippen molar-refractivity contribution < 1.29 is 4.79 Å². The minimum absolute atomic E-state index is 0.0592. The van der Waals surface area contributed by atoms with Gasteiger partial charge < -0.3 is 10.2 Å². The van der Waals surface area contributed by atoms with Gasteiger partial charge >= 0.3 is 0 Å². The molecule has 0 spiro atoms. The molecule has 1 amide bonds. The van der Waals surface area contributed by atoms with E-state index in [0.717, 1.165) is 56.4 Å². The number of nitrogens with one attached hydrogen (secondary N) is 1. The Kier molecular flexibility index (Phi) is 6.12. The molecule has 26 heavy (non-hydrogen) atoms. The smallest absolute Gasteiger partial charge is 0.237 e. The van der Waals surface area contributed by atoms with Crippen molar-refractivity contribution in [3.8, 4) is 0 Å². The van der Waals surface area contributed by atoms with Gasteiger partial charge in [0, 0.05) is 49.9 Å². The van der Waals surface area contributed by atoms with E-state index < -0.39 is 0 Å². The summed E-state index contributed by atoms with van der Waals surface area (Å²) < 4.78 is 0. The maximum Gasteiger partial charge on any atom is 0.237 e. The highest BCUT2D eigenvalue weighted by Crippen LogP contribution is 2.20. The average Bonchev–Trinajstić information content (AvgIpc) is 3.13. The molecule has 2 heterocycles. The van der Waals surface area contributed by atoms with Crippen LogP contribution in [0, 0.1) is 6.92 Å². The Hall–Kier alpha value is -1.69. The predicted molar refractivity (Wildman–Crippen MR) is 105 cm³/mol. The van der Waals surface area contributed by atoms with Crippen molar-refractivity contribution in [2.45, 2.75) is 71.4 Å². The van der Waals surface area contributed by atoms with Crippen LogP contribution in [0.1, 0.15) is 63.9 Å². The number of amides is 1. The van der Waals surface area contributed by atoms with Gasteiger partial charge in [0.1, 0.15) is 11.6 Å². The number of aromatic nitrogens is 2. The van der Waals surface area contributed by atoms with Gasteiger partial charge in [-0.25, -0.2) is 9.97 Å². The number of anilines is 1. The van der Waals surface area contributed by atoms with E-state index in [1.165, 1.54) is 12.8 Å². The van der Waals surface area contributed by atoms with Crippen LogP contribution in [0.5, 0.6) is 0 Å². The lowest BCUT2D eigenvalue weighted by Crippen LogP contribution is -2.55. The summed E-state index contributed by atoms with van der Waals surface area (Å²) in [6.07, 6.45) is 4.76. The summed E-state index contributed by atoms with van der Waals surface area (Å²) in [5, 5.41) is 3.23. The average molecular weight is 360 g/mol. The number of hydrogen-bond donors (Lipinski definition) is 1. The topological polar surface area (TPSA) is 61.4 Å². The summed E-state index contributed by atoms with van der Waals surface area (Å²) in [5.41, 5.74) is 1.02. The third kappa shape index (κ3) is 4.53. The summed E-state index contributed by atoms with van der Waals surface area (Å²) in [7, 11) is 0. The predicted octanol–water partition coefficient (Wildman–Crippen LogP) is 2.48. The first-order valence-electron chi connectivity index (χ1n) is 10.1. The van der Waals surface area contributed by atoms with E-state index in [2.05, 4.69) is 40.0 Å². The quantitative estimate of drug-likeness (QED) is 0.875.